The van der Waals surface area contributed by atoms with Crippen molar-refractivity contribution in [1.82, 2.24) is 35.9 Å². The molecule has 3 atom stereocenters. The monoisotopic (exact) mass is 477 g/mol. The number of carbonyl (C=O) groups is 5. The number of hydrogen-bond acceptors (Lipinski definition) is 8. The van der Waals surface area contributed by atoms with Crippen molar-refractivity contribution >= 4 is 29.6 Å². The summed E-state index contributed by atoms with van der Waals surface area (Å²) < 4.78 is 0. The highest BCUT2D eigenvalue weighted by Crippen LogP contribution is 2.04. The molecule has 0 bridgehead atoms. The fourth-order valence-electron chi connectivity index (χ4n) is 2.92. The summed E-state index contributed by atoms with van der Waals surface area (Å²) in [6.07, 6.45) is 5.55. The lowest BCUT2D eigenvalue weighted by atomic mass is 10.1. The molecule has 0 aliphatic heterocycles. The maximum atomic E-state index is 13.1. The number of nitrogens with one attached hydrogen (secondary N) is 5. The molecule has 0 aliphatic carbocycles. The molecule has 2 rings (SSSR count). The van der Waals surface area contributed by atoms with Gasteiger partial charge in [0, 0.05) is 43.0 Å². The third kappa shape index (κ3) is 8.70. The van der Waals surface area contributed by atoms with Crippen LogP contribution in [0.15, 0.2) is 25.0 Å². The number of nitrogens with zero attached hydrogens (tertiary/aromatic N) is 2. The van der Waals surface area contributed by atoms with Crippen molar-refractivity contribution in [1.29, 1.82) is 0 Å². The zero-order valence-corrected chi connectivity index (χ0v) is 18.1. The smallest absolute Gasteiger partial charge is 0.322 e. The van der Waals surface area contributed by atoms with E-state index in [0.29, 0.717) is 11.4 Å². The SMILES string of the molecule is NC(=O)CCC(N)C(=O)NC(Cc1cnc[nH]1)C(=O)NC(Cc1cnc[nH]1)C(=O)NCC(=O)O. The van der Waals surface area contributed by atoms with E-state index >= 15 is 0 Å². The summed E-state index contributed by atoms with van der Waals surface area (Å²) in [4.78, 5) is 73.2. The van der Waals surface area contributed by atoms with Crippen LogP contribution in [0.2, 0.25) is 0 Å². The van der Waals surface area contributed by atoms with Gasteiger partial charge in [-0.1, -0.05) is 0 Å². The average molecular weight is 477 g/mol. The second-order valence-corrected chi connectivity index (χ2v) is 7.41. The molecule has 4 amide bonds. The first-order valence-electron chi connectivity index (χ1n) is 10.2. The lowest BCUT2D eigenvalue weighted by molar-refractivity contribution is -0.138. The van der Waals surface area contributed by atoms with Gasteiger partial charge in [0.2, 0.25) is 23.6 Å². The van der Waals surface area contributed by atoms with Gasteiger partial charge in [-0.15, -0.1) is 0 Å². The van der Waals surface area contributed by atoms with Gasteiger partial charge in [0.15, 0.2) is 0 Å². The number of carbonyl (C=O) groups excluding carboxylic acids is 4. The van der Waals surface area contributed by atoms with Crippen molar-refractivity contribution in [2.45, 2.75) is 43.8 Å². The zero-order valence-electron chi connectivity index (χ0n) is 18.1. The number of carboxylic acid groups (broad SMARTS) is 1. The van der Waals surface area contributed by atoms with E-state index in [0.717, 1.165) is 0 Å². The second kappa shape index (κ2) is 12.7. The maximum Gasteiger partial charge on any atom is 0.322 e. The molecule has 0 aromatic carbocycles. The summed E-state index contributed by atoms with van der Waals surface area (Å²) >= 11 is 0. The number of nitrogens with two attached hydrogens (primary N) is 2. The summed E-state index contributed by atoms with van der Waals surface area (Å²) in [5.41, 5.74) is 11.9. The summed E-state index contributed by atoms with van der Waals surface area (Å²) in [6, 6.07) is -3.43. The van der Waals surface area contributed by atoms with E-state index in [2.05, 4.69) is 35.9 Å². The third-order valence-electron chi connectivity index (χ3n) is 4.68. The number of imidazole rings is 2. The first-order chi connectivity index (χ1) is 16.2. The number of aliphatic carboxylic acids is 1. The summed E-state index contributed by atoms with van der Waals surface area (Å²) in [5, 5.41) is 16.1. The van der Waals surface area contributed by atoms with Gasteiger partial charge in [-0.25, -0.2) is 9.97 Å². The Hall–Kier alpha value is -4.27. The van der Waals surface area contributed by atoms with Crippen molar-refractivity contribution in [2.24, 2.45) is 11.5 Å². The highest BCUT2D eigenvalue weighted by Gasteiger charge is 2.29. The number of hydrogen-bond donors (Lipinski definition) is 8. The molecule has 15 heteroatoms. The normalized spacial score (nSPS) is 13.3. The van der Waals surface area contributed by atoms with Crippen molar-refractivity contribution in [2.75, 3.05) is 6.54 Å². The number of amides is 4. The molecule has 184 valence electrons. The van der Waals surface area contributed by atoms with Gasteiger partial charge in [-0.05, 0) is 6.42 Å². The number of carboxylic acids is 1. The molecule has 2 aromatic rings. The highest BCUT2D eigenvalue weighted by molar-refractivity contribution is 5.94. The largest absolute Gasteiger partial charge is 0.480 e. The fraction of sp³-hybridized carbons (Fsp3) is 0.421. The third-order valence-corrected chi connectivity index (χ3v) is 4.68. The van der Waals surface area contributed by atoms with Crippen LogP contribution >= 0.6 is 0 Å². The number of rotatable bonds is 14. The highest BCUT2D eigenvalue weighted by atomic mass is 16.4. The van der Waals surface area contributed by atoms with E-state index in [1.165, 1.54) is 25.0 Å². The zero-order chi connectivity index (χ0) is 25.1. The standard InChI is InChI=1S/C19H27N9O6/c20-12(1-2-15(21)29)17(32)27-14(4-11-6-23-9-26-11)19(34)28-13(3-10-5-22-8-25-10)18(33)24-7-16(30)31/h5-6,8-9,12-14H,1-4,7,20H2,(H2,21,29)(H,22,25)(H,23,26)(H,24,33)(H,27,32)(H,28,34)(H,30,31). The van der Waals surface area contributed by atoms with Crippen molar-refractivity contribution in [3.8, 4) is 0 Å². The number of aromatic nitrogens is 4. The molecule has 0 radical (unpaired) electrons. The Morgan fingerprint density at radius 1 is 0.912 bits per heavy atom. The second-order valence-electron chi connectivity index (χ2n) is 7.41. The van der Waals surface area contributed by atoms with Gasteiger partial charge >= 0.3 is 5.97 Å². The molecule has 0 saturated heterocycles. The summed E-state index contributed by atoms with van der Waals surface area (Å²) in [5.74, 6) is -4.03. The quantitative estimate of drug-likeness (QED) is 0.135. The summed E-state index contributed by atoms with van der Waals surface area (Å²) in [6.45, 7) is -0.642. The molecule has 0 saturated carbocycles. The Bertz CT molecular complexity index is 977. The molecule has 0 fully saturated rings. The minimum absolute atomic E-state index is 0.00631. The lowest BCUT2D eigenvalue weighted by Crippen LogP contribution is -2.57. The first-order valence-corrected chi connectivity index (χ1v) is 10.2. The molecule has 0 aliphatic rings. The van der Waals surface area contributed by atoms with E-state index in [9.17, 15) is 24.0 Å². The van der Waals surface area contributed by atoms with Crippen LogP contribution in [0.5, 0.6) is 0 Å². The number of aromatic amines is 2. The Labute approximate surface area is 193 Å². The summed E-state index contributed by atoms with van der Waals surface area (Å²) in [7, 11) is 0. The minimum atomic E-state index is -1.26. The van der Waals surface area contributed by atoms with E-state index in [4.69, 9.17) is 16.6 Å². The van der Waals surface area contributed by atoms with Crippen LogP contribution in [0.4, 0.5) is 0 Å². The van der Waals surface area contributed by atoms with Crippen LogP contribution in [0.1, 0.15) is 24.2 Å². The topological polar surface area (TPSA) is 251 Å². The van der Waals surface area contributed by atoms with E-state index in [-0.39, 0.29) is 25.7 Å². The van der Waals surface area contributed by atoms with Crippen molar-refractivity contribution < 1.29 is 29.1 Å². The Morgan fingerprint density at radius 2 is 1.44 bits per heavy atom. The molecular formula is C19H27N9O6. The van der Waals surface area contributed by atoms with Gasteiger partial charge in [0.05, 0.1) is 18.7 Å². The molecule has 3 unspecified atom stereocenters. The van der Waals surface area contributed by atoms with Crippen LogP contribution in [0.3, 0.4) is 0 Å². The van der Waals surface area contributed by atoms with Crippen molar-refractivity contribution in [3.05, 3.63) is 36.4 Å². The molecule has 34 heavy (non-hydrogen) atoms. The van der Waals surface area contributed by atoms with E-state index in [1.54, 1.807) is 0 Å². The van der Waals surface area contributed by atoms with Crippen LogP contribution in [-0.4, -0.2) is 79.3 Å². The predicted molar refractivity (Wildman–Crippen MR) is 115 cm³/mol. The lowest BCUT2D eigenvalue weighted by Gasteiger charge is -2.23. The molecule has 2 heterocycles. The van der Waals surface area contributed by atoms with Crippen LogP contribution in [0.25, 0.3) is 0 Å². The van der Waals surface area contributed by atoms with Gasteiger partial charge < -0.3 is 42.5 Å². The van der Waals surface area contributed by atoms with Gasteiger partial charge in [-0.2, -0.15) is 0 Å². The maximum absolute atomic E-state index is 13.1. The molecular weight excluding hydrogens is 450 g/mol. The van der Waals surface area contributed by atoms with E-state index in [1.807, 2.05) is 0 Å². The number of primary amides is 1. The molecule has 2 aromatic heterocycles. The van der Waals surface area contributed by atoms with Gasteiger partial charge in [0.25, 0.3) is 0 Å². The van der Waals surface area contributed by atoms with Crippen LogP contribution < -0.4 is 27.4 Å². The molecule has 0 spiro atoms. The van der Waals surface area contributed by atoms with E-state index < -0.39 is 54.3 Å². The van der Waals surface area contributed by atoms with Gasteiger partial charge in [0.1, 0.15) is 18.6 Å². The Morgan fingerprint density at radius 3 is 1.91 bits per heavy atom. The van der Waals surface area contributed by atoms with Gasteiger partial charge in [-0.3, -0.25) is 24.0 Å². The Kier molecular flexibility index (Phi) is 9.70. The first kappa shape index (κ1) is 26.0. The Balaban J connectivity index is 2.15. The fourth-order valence-corrected chi connectivity index (χ4v) is 2.92. The molecule has 10 N–H and O–H groups in total. The minimum Gasteiger partial charge on any atom is -0.480 e. The van der Waals surface area contributed by atoms with Crippen molar-refractivity contribution in [3.63, 3.8) is 0 Å². The number of H-pyrrole nitrogens is 2. The predicted octanol–water partition coefficient (Wildman–Crippen LogP) is -3.32. The van der Waals surface area contributed by atoms with Crippen LogP contribution in [0, 0.1) is 0 Å². The molecule has 15 nitrogen and oxygen atoms in total. The van der Waals surface area contributed by atoms with Crippen LogP contribution in [-0.2, 0) is 36.8 Å². The average Bonchev–Trinajstić information content (AvgIpc) is 3.48.